The fraction of sp³-hybridized carbons (Fsp3) is 0.214. The maximum atomic E-state index is 5.86. The molecule has 33 heavy (non-hydrogen) atoms. The summed E-state index contributed by atoms with van der Waals surface area (Å²) < 4.78 is 2.40. The molecule has 0 spiro atoms. The summed E-state index contributed by atoms with van der Waals surface area (Å²) >= 11 is 5.86. The highest BCUT2D eigenvalue weighted by molar-refractivity contribution is 7.80. The van der Waals surface area contributed by atoms with Gasteiger partial charge in [-0.25, -0.2) is 0 Å². The normalized spacial score (nSPS) is 17.9. The molecule has 0 radical (unpaired) electrons. The van der Waals surface area contributed by atoms with Gasteiger partial charge in [0.15, 0.2) is 5.11 Å². The molecule has 1 aliphatic heterocycles. The van der Waals surface area contributed by atoms with Gasteiger partial charge in [0.05, 0.1) is 17.8 Å². The number of pyridine rings is 1. The molecule has 0 bridgehead atoms. The van der Waals surface area contributed by atoms with Crippen LogP contribution in [-0.2, 0) is 13.1 Å². The lowest BCUT2D eigenvalue weighted by atomic mass is 9.96. The van der Waals surface area contributed by atoms with Crippen molar-refractivity contribution in [2.24, 2.45) is 0 Å². The van der Waals surface area contributed by atoms with Gasteiger partial charge in [-0.1, -0.05) is 66.7 Å². The number of thiocarbonyl (C=S) groups is 1. The fourth-order valence-electron chi connectivity index (χ4n) is 4.83. The highest BCUT2D eigenvalue weighted by Crippen LogP contribution is 2.41. The molecule has 2 unspecified atom stereocenters. The van der Waals surface area contributed by atoms with E-state index < -0.39 is 0 Å². The van der Waals surface area contributed by atoms with E-state index in [4.69, 9.17) is 12.2 Å². The number of hydrogen-bond acceptors (Lipinski definition) is 2. The van der Waals surface area contributed by atoms with Crippen molar-refractivity contribution in [1.29, 1.82) is 0 Å². The summed E-state index contributed by atoms with van der Waals surface area (Å²) in [4.78, 5) is 7.00. The van der Waals surface area contributed by atoms with Crippen LogP contribution in [0.2, 0.25) is 0 Å². The molecule has 1 aliphatic rings. The van der Waals surface area contributed by atoms with E-state index in [1.807, 2.05) is 18.3 Å². The minimum absolute atomic E-state index is 0.00640. The highest BCUT2D eigenvalue weighted by atomic mass is 32.1. The molecule has 1 saturated heterocycles. The van der Waals surface area contributed by atoms with Crippen molar-refractivity contribution in [3.63, 3.8) is 0 Å². The monoisotopic (exact) mass is 452 g/mol. The van der Waals surface area contributed by atoms with Crippen LogP contribution >= 0.6 is 12.2 Å². The smallest absolute Gasteiger partial charge is 0.170 e. The SMILES string of the molecule is Cc1cc(C2C(c3ccccn3)NC(=S)N2Cc2ccccc2)c(C)n1Cc1ccccc1. The van der Waals surface area contributed by atoms with Gasteiger partial charge in [0.25, 0.3) is 0 Å². The van der Waals surface area contributed by atoms with Gasteiger partial charge in [-0.05, 0) is 61.0 Å². The van der Waals surface area contributed by atoms with E-state index in [0.29, 0.717) is 0 Å². The van der Waals surface area contributed by atoms with Crippen molar-refractivity contribution in [3.8, 4) is 0 Å². The average Bonchev–Trinajstić information content (AvgIpc) is 3.31. The zero-order valence-corrected chi connectivity index (χ0v) is 19.8. The van der Waals surface area contributed by atoms with Crippen molar-refractivity contribution in [1.82, 2.24) is 19.8 Å². The van der Waals surface area contributed by atoms with E-state index in [0.717, 1.165) is 23.9 Å². The Labute approximate surface area is 200 Å². The maximum absolute atomic E-state index is 5.86. The number of aromatic nitrogens is 2. The third kappa shape index (κ3) is 4.29. The molecule has 3 heterocycles. The molecule has 0 aliphatic carbocycles. The molecule has 4 aromatic rings. The third-order valence-corrected chi connectivity index (χ3v) is 6.86. The van der Waals surface area contributed by atoms with E-state index in [2.05, 4.69) is 106 Å². The van der Waals surface area contributed by atoms with Gasteiger partial charge < -0.3 is 14.8 Å². The molecular weight excluding hydrogens is 424 g/mol. The lowest BCUT2D eigenvalue weighted by Gasteiger charge is -2.28. The van der Waals surface area contributed by atoms with Gasteiger partial charge in [-0.15, -0.1) is 0 Å². The van der Waals surface area contributed by atoms with E-state index in [1.54, 1.807) is 0 Å². The van der Waals surface area contributed by atoms with Gasteiger partial charge >= 0.3 is 0 Å². The molecule has 5 rings (SSSR count). The van der Waals surface area contributed by atoms with Crippen LogP contribution in [0, 0.1) is 13.8 Å². The largest absolute Gasteiger partial charge is 0.352 e. The molecule has 4 nitrogen and oxygen atoms in total. The molecule has 2 aromatic carbocycles. The second kappa shape index (κ2) is 9.20. The van der Waals surface area contributed by atoms with Crippen LogP contribution in [0.3, 0.4) is 0 Å². The summed E-state index contributed by atoms with van der Waals surface area (Å²) in [7, 11) is 0. The quantitative estimate of drug-likeness (QED) is 0.379. The first-order valence-corrected chi connectivity index (χ1v) is 11.7. The zero-order valence-electron chi connectivity index (χ0n) is 19.0. The number of rotatable bonds is 6. The van der Waals surface area contributed by atoms with Gasteiger partial charge in [-0.3, -0.25) is 4.98 Å². The van der Waals surface area contributed by atoms with Crippen molar-refractivity contribution in [2.75, 3.05) is 0 Å². The van der Waals surface area contributed by atoms with Crippen molar-refractivity contribution in [3.05, 3.63) is 125 Å². The average molecular weight is 453 g/mol. The van der Waals surface area contributed by atoms with Crippen LogP contribution in [0.15, 0.2) is 91.1 Å². The van der Waals surface area contributed by atoms with Crippen LogP contribution in [-0.4, -0.2) is 19.6 Å². The number of nitrogens with zero attached hydrogens (tertiary/aromatic N) is 3. The lowest BCUT2D eigenvalue weighted by molar-refractivity contribution is 0.310. The minimum Gasteiger partial charge on any atom is -0.352 e. The summed E-state index contributed by atoms with van der Waals surface area (Å²) in [6.45, 7) is 6.03. The Kier molecular flexibility index (Phi) is 5.97. The topological polar surface area (TPSA) is 33.1 Å². The summed E-state index contributed by atoms with van der Waals surface area (Å²) in [5, 5.41) is 4.35. The Morgan fingerprint density at radius 3 is 2.12 bits per heavy atom. The van der Waals surface area contributed by atoms with E-state index in [-0.39, 0.29) is 12.1 Å². The first-order chi connectivity index (χ1) is 16.1. The number of benzene rings is 2. The fourth-order valence-corrected chi connectivity index (χ4v) is 5.14. The molecule has 0 amide bonds. The predicted octanol–water partition coefficient (Wildman–Crippen LogP) is 5.72. The second-order valence-corrected chi connectivity index (χ2v) is 9.03. The van der Waals surface area contributed by atoms with E-state index in [1.165, 1.54) is 28.1 Å². The molecule has 166 valence electrons. The number of hydrogen-bond donors (Lipinski definition) is 1. The van der Waals surface area contributed by atoms with Crippen molar-refractivity contribution in [2.45, 2.75) is 39.0 Å². The molecular formula is C28H28N4S. The molecule has 1 fully saturated rings. The number of nitrogens with one attached hydrogen (secondary N) is 1. The Bertz CT molecular complexity index is 1240. The standard InChI is InChI=1S/C28H28N4S/c1-20-17-24(21(2)31(20)18-22-11-5-3-6-12-22)27-26(25-15-9-10-16-29-25)30-28(33)32(27)19-23-13-7-4-8-14-23/h3-17,26-27H,18-19H2,1-2H3,(H,30,33). The Morgan fingerprint density at radius 1 is 0.848 bits per heavy atom. The maximum Gasteiger partial charge on any atom is 0.170 e. The first-order valence-electron chi connectivity index (χ1n) is 11.3. The first kappa shape index (κ1) is 21.4. The molecule has 0 saturated carbocycles. The van der Waals surface area contributed by atoms with E-state index >= 15 is 0 Å². The Hall–Kier alpha value is -3.44. The minimum atomic E-state index is -0.00640. The summed E-state index contributed by atoms with van der Waals surface area (Å²) in [5.41, 5.74) is 7.37. The lowest BCUT2D eigenvalue weighted by Crippen LogP contribution is -2.29. The van der Waals surface area contributed by atoms with E-state index in [9.17, 15) is 0 Å². The van der Waals surface area contributed by atoms with Crippen LogP contribution in [0.5, 0.6) is 0 Å². The van der Waals surface area contributed by atoms with Crippen LogP contribution < -0.4 is 5.32 Å². The molecule has 5 heteroatoms. The van der Waals surface area contributed by atoms with Crippen molar-refractivity contribution >= 4 is 17.3 Å². The van der Waals surface area contributed by atoms with Gasteiger partial charge in [-0.2, -0.15) is 0 Å². The van der Waals surface area contributed by atoms with Crippen LogP contribution in [0.1, 0.15) is 45.9 Å². The van der Waals surface area contributed by atoms with Gasteiger partial charge in [0.2, 0.25) is 0 Å². The Morgan fingerprint density at radius 2 is 1.48 bits per heavy atom. The highest BCUT2D eigenvalue weighted by Gasteiger charge is 2.41. The summed E-state index contributed by atoms with van der Waals surface area (Å²) in [6.07, 6.45) is 1.86. The summed E-state index contributed by atoms with van der Waals surface area (Å²) in [5.74, 6) is 0. The molecule has 1 N–H and O–H groups in total. The summed E-state index contributed by atoms with van der Waals surface area (Å²) in [6, 6.07) is 29.6. The second-order valence-electron chi connectivity index (χ2n) is 8.64. The van der Waals surface area contributed by atoms with Crippen LogP contribution in [0.25, 0.3) is 0 Å². The molecule has 2 aromatic heterocycles. The third-order valence-electron chi connectivity index (χ3n) is 6.51. The molecule has 2 atom stereocenters. The number of aryl methyl sites for hydroxylation is 1. The van der Waals surface area contributed by atoms with Crippen molar-refractivity contribution < 1.29 is 0 Å². The van der Waals surface area contributed by atoms with Gasteiger partial charge in [0.1, 0.15) is 0 Å². The van der Waals surface area contributed by atoms with Gasteiger partial charge in [0, 0.05) is 30.7 Å². The zero-order chi connectivity index (χ0) is 22.8. The van der Waals surface area contributed by atoms with Crippen LogP contribution in [0.4, 0.5) is 0 Å². The predicted molar refractivity (Wildman–Crippen MR) is 137 cm³/mol. The Balaban J connectivity index is 1.56.